The summed E-state index contributed by atoms with van der Waals surface area (Å²) in [6.45, 7) is 2.18. The fourth-order valence-corrected chi connectivity index (χ4v) is 3.66. The molecule has 0 bridgehead atoms. The molecule has 20 heavy (non-hydrogen) atoms. The van der Waals surface area contributed by atoms with Crippen molar-refractivity contribution in [2.24, 2.45) is 5.73 Å². The summed E-state index contributed by atoms with van der Waals surface area (Å²) < 4.78 is 0. The molecule has 0 fully saturated rings. The van der Waals surface area contributed by atoms with Gasteiger partial charge in [-0.15, -0.1) is 11.8 Å². The van der Waals surface area contributed by atoms with E-state index in [0.29, 0.717) is 5.92 Å². The average molecular weight is 283 g/mol. The molecular weight excluding hydrogens is 262 g/mol. The molecule has 1 aliphatic rings. The molecule has 3 rings (SSSR count). The SMILES string of the molecule is CCSc1ccc(C(N)CC2Cc3ccccc32)cc1. The average Bonchev–Trinajstić information content (AvgIpc) is 2.46. The van der Waals surface area contributed by atoms with Crippen LogP contribution in [-0.4, -0.2) is 5.75 Å². The van der Waals surface area contributed by atoms with E-state index < -0.39 is 0 Å². The number of benzene rings is 2. The largest absolute Gasteiger partial charge is 0.324 e. The third-order valence-electron chi connectivity index (χ3n) is 4.12. The molecule has 1 aliphatic carbocycles. The molecule has 0 amide bonds. The van der Waals surface area contributed by atoms with E-state index in [-0.39, 0.29) is 6.04 Å². The maximum Gasteiger partial charge on any atom is 0.0300 e. The molecule has 104 valence electrons. The minimum absolute atomic E-state index is 0.147. The molecule has 0 saturated carbocycles. The molecule has 0 saturated heterocycles. The van der Waals surface area contributed by atoms with Crippen molar-refractivity contribution in [2.75, 3.05) is 5.75 Å². The summed E-state index contributed by atoms with van der Waals surface area (Å²) in [5, 5.41) is 0. The van der Waals surface area contributed by atoms with E-state index in [1.165, 1.54) is 28.0 Å². The summed E-state index contributed by atoms with van der Waals surface area (Å²) in [4.78, 5) is 1.33. The second kappa shape index (κ2) is 6.02. The van der Waals surface area contributed by atoms with Gasteiger partial charge in [0, 0.05) is 10.9 Å². The molecule has 0 radical (unpaired) electrons. The van der Waals surface area contributed by atoms with Crippen molar-refractivity contribution in [3.8, 4) is 0 Å². The third-order valence-corrected chi connectivity index (χ3v) is 5.01. The van der Waals surface area contributed by atoms with Crippen molar-refractivity contribution < 1.29 is 0 Å². The van der Waals surface area contributed by atoms with Crippen LogP contribution in [0.3, 0.4) is 0 Å². The minimum Gasteiger partial charge on any atom is -0.324 e. The number of rotatable bonds is 5. The third kappa shape index (κ3) is 2.77. The highest BCUT2D eigenvalue weighted by molar-refractivity contribution is 7.99. The summed E-state index contributed by atoms with van der Waals surface area (Å²) >= 11 is 1.88. The van der Waals surface area contributed by atoms with Crippen LogP contribution >= 0.6 is 11.8 Å². The molecule has 2 atom stereocenters. The smallest absolute Gasteiger partial charge is 0.0300 e. The van der Waals surface area contributed by atoms with Crippen LogP contribution in [0.25, 0.3) is 0 Å². The first-order chi connectivity index (χ1) is 9.78. The topological polar surface area (TPSA) is 26.0 Å². The maximum atomic E-state index is 6.38. The Kier molecular flexibility index (Phi) is 4.13. The lowest BCUT2D eigenvalue weighted by molar-refractivity contribution is 0.498. The number of hydrogen-bond donors (Lipinski definition) is 1. The Hall–Kier alpha value is -1.25. The van der Waals surface area contributed by atoms with Crippen molar-refractivity contribution in [1.29, 1.82) is 0 Å². The van der Waals surface area contributed by atoms with Crippen LogP contribution in [-0.2, 0) is 6.42 Å². The van der Waals surface area contributed by atoms with Crippen LogP contribution in [0.2, 0.25) is 0 Å². The molecule has 0 aromatic heterocycles. The summed E-state index contributed by atoms with van der Waals surface area (Å²) in [5.74, 6) is 1.76. The molecular formula is C18H21NS. The lowest BCUT2D eigenvalue weighted by atomic mass is 9.74. The predicted molar refractivity (Wildman–Crippen MR) is 87.3 cm³/mol. The highest BCUT2D eigenvalue weighted by Crippen LogP contribution is 2.40. The Morgan fingerprint density at radius 1 is 1.15 bits per heavy atom. The van der Waals surface area contributed by atoms with Crippen molar-refractivity contribution in [2.45, 2.75) is 36.6 Å². The monoisotopic (exact) mass is 283 g/mol. The van der Waals surface area contributed by atoms with Gasteiger partial charge in [-0.25, -0.2) is 0 Å². The van der Waals surface area contributed by atoms with Crippen LogP contribution < -0.4 is 5.73 Å². The van der Waals surface area contributed by atoms with Gasteiger partial charge in [0.25, 0.3) is 0 Å². The normalized spacial score (nSPS) is 18.2. The molecule has 1 nitrogen and oxygen atoms in total. The van der Waals surface area contributed by atoms with Gasteiger partial charge in [0.1, 0.15) is 0 Å². The van der Waals surface area contributed by atoms with Gasteiger partial charge in [-0.2, -0.15) is 0 Å². The number of nitrogens with two attached hydrogens (primary N) is 1. The van der Waals surface area contributed by atoms with Gasteiger partial charge in [-0.3, -0.25) is 0 Å². The molecule has 2 aromatic rings. The van der Waals surface area contributed by atoms with Crippen LogP contribution in [0, 0.1) is 0 Å². The molecule has 0 heterocycles. The van der Waals surface area contributed by atoms with Gasteiger partial charge in [-0.1, -0.05) is 43.3 Å². The Balaban J connectivity index is 1.64. The highest BCUT2D eigenvalue weighted by Gasteiger charge is 2.27. The van der Waals surface area contributed by atoms with Crippen LogP contribution in [0.4, 0.5) is 0 Å². The number of hydrogen-bond acceptors (Lipinski definition) is 2. The maximum absolute atomic E-state index is 6.38. The quantitative estimate of drug-likeness (QED) is 0.816. The first-order valence-corrected chi connectivity index (χ1v) is 8.32. The predicted octanol–water partition coefficient (Wildman–Crippen LogP) is 4.53. The van der Waals surface area contributed by atoms with Crippen LogP contribution in [0.15, 0.2) is 53.4 Å². The Bertz CT molecular complexity index is 576. The van der Waals surface area contributed by atoms with E-state index in [9.17, 15) is 0 Å². The van der Waals surface area contributed by atoms with E-state index in [4.69, 9.17) is 5.73 Å². The lowest BCUT2D eigenvalue weighted by Gasteiger charge is -2.32. The minimum atomic E-state index is 0.147. The van der Waals surface area contributed by atoms with E-state index in [2.05, 4.69) is 55.5 Å². The van der Waals surface area contributed by atoms with E-state index in [0.717, 1.165) is 12.2 Å². The van der Waals surface area contributed by atoms with Gasteiger partial charge < -0.3 is 5.73 Å². The summed E-state index contributed by atoms with van der Waals surface area (Å²) in [5.41, 5.74) is 10.6. The summed E-state index contributed by atoms with van der Waals surface area (Å²) in [6.07, 6.45) is 2.24. The van der Waals surface area contributed by atoms with Crippen molar-refractivity contribution >= 4 is 11.8 Å². The van der Waals surface area contributed by atoms with Crippen LogP contribution in [0.1, 0.15) is 42.0 Å². The van der Waals surface area contributed by atoms with E-state index >= 15 is 0 Å². The Morgan fingerprint density at radius 3 is 2.60 bits per heavy atom. The summed E-state index contributed by atoms with van der Waals surface area (Å²) in [6, 6.07) is 17.6. The molecule has 0 aliphatic heterocycles. The van der Waals surface area contributed by atoms with Crippen molar-refractivity contribution in [1.82, 2.24) is 0 Å². The van der Waals surface area contributed by atoms with Crippen molar-refractivity contribution in [3.05, 3.63) is 65.2 Å². The van der Waals surface area contributed by atoms with Gasteiger partial charge in [0.15, 0.2) is 0 Å². The lowest BCUT2D eigenvalue weighted by Crippen LogP contribution is -2.22. The number of fused-ring (bicyclic) bond motifs is 1. The molecule has 2 heteroatoms. The van der Waals surface area contributed by atoms with Crippen molar-refractivity contribution in [3.63, 3.8) is 0 Å². The zero-order chi connectivity index (χ0) is 13.9. The molecule has 0 spiro atoms. The molecule has 2 N–H and O–H groups in total. The second-order valence-electron chi connectivity index (χ2n) is 5.44. The molecule has 2 aromatic carbocycles. The molecule has 2 unspecified atom stereocenters. The van der Waals surface area contributed by atoms with Crippen LogP contribution in [0.5, 0.6) is 0 Å². The standard InChI is InChI=1S/C18H21NS/c1-2-20-16-9-7-13(8-10-16)18(19)12-15-11-14-5-3-4-6-17(14)15/h3-10,15,18H,2,11-12,19H2,1H3. The van der Waals surface area contributed by atoms with Gasteiger partial charge in [0.2, 0.25) is 0 Å². The highest BCUT2D eigenvalue weighted by atomic mass is 32.2. The Morgan fingerprint density at radius 2 is 1.90 bits per heavy atom. The van der Waals surface area contributed by atoms with Gasteiger partial charge in [-0.05, 0) is 53.3 Å². The zero-order valence-corrected chi connectivity index (χ0v) is 12.7. The fourth-order valence-electron chi connectivity index (χ4n) is 2.99. The van der Waals surface area contributed by atoms with E-state index in [1.807, 2.05) is 11.8 Å². The first kappa shape index (κ1) is 13.7. The second-order valence-corrected chi connectivity index (χ2v) is 6.78. The van der Waals surface area contributed by atoms with E-state index in [1.54, 1.807) is 0 Å². The first-order valence-electron chi connectivity index (χ1n) is 7.34. The summed E-state index contributed by atoms with van der Waals surface area (Å²) in [7, 11) is 0. The van der Waals surface area contributed by atoms with Gasteiger partial charge >= 0.3 is 0 Å². The van der Waals surface area contributed by atoms with Gasteiger partial charge in [0.05, 0.1) is 0 Å². The zero-order valence-electron chi connectivity index (χ0n) is 11.9. The number of thioether (sulfide) groups is 1. The Labute approximate surface area is 125 Å². The fraction of sp³-hybridized carbons (Fsp3) is 0.333.